The summed E-state index contributed by atoms with van der Waals surface area (Å²) in [6.45, 7) is 1.63. The number of aromatic nitrogens is 1. The molecule has 2 aromatic heterocycles. The van der Waals surface area contributed by atoms with E-state index < -0.39 is 27.8 Å². The Balaban J connectivity index is 1.67. The summed E-state index contributed by atoms with van der Waals surface area (Å²) in [5.74, 6) is -1.67. The maximum absolute atomic E-state index is 15.0. The fraction of sp³-hybridized carbons (Fsp3) is 0.269. The number of thiophene rings is 1. The predicted octanol–water partition coefficient (Wildman–Crippen LogP) is 4.64. The summed E-state index contributed by atoms with van der Waals surface area (Å²) in [6.07, 6.45) is 1.70. The minimum absolute atomic E-state index is 0.0112. The number of amides is 2. The quantitative estimate of drug-likeness (QED) is 0.390. The van der Waals surface area contributed by atoms with Crippen molar-refractivity contribution in [3.05, 3.63) is 86.4 Å². The lowest BCUT2D eigenvalue weighted by molar-refractivity contribution is -0.120. The van der Waals surface area contributed by atoms with Crippen molar-refractivity contribution < 1.29 is 22.4 Å². The van der Waals surface area contributed by atoms with E-state index >= 15 is 4.39 Å². The van der Waals surface area contributed by atoms with Crippen LogP contribution in [0, 0.1) is 5.82 Å². The molecule has 8 nitrogen and oxygen atoms in total. The van der Waals surface area contributed by atoms with Crippen molar-refractivity contribution >= 4 is 56.0 Å². The Labute approximate surface area is 230 Å². The SMILES string of the molecule is CC(=CS(=O)(=O)N(Cc1ccccn1)[C@H]1CCN(c2ccc(C(=O)N(C)C)cc2F)C1=O)c1ccc(Cl)s1. The number of carbonyl (C=O) groups is 2. The fourth-order valence-corrected chi connectivity index (χ4v) is 6.85. The number of rotatable bonds is 8. The van der Waals surface area contributed by atoms with Gasteiger partial charge in [0.25, 0.3) is 5.91 Å². The van der Waals surface area contributed by atoms with Gasteiger partial charge in [0, 0.05) is 37.3 Å². The van der Waals surface area contributed by atoms with Gasteiger partial charge in [0.1, 0.15) is 11.9 Å². The number of benzene rings is 1. The molecular weight excluding hydrogens is 551 g/mol. The Morgan fingerprint density at radius 2 is 2.00 bits per heavy atom. The van der Waals surface area contributed by atoms with E-state index in [2.05, 4.69) is 4.98 Å². The molecule has 200 valence electrons. The van der Waals surface area contributed by atoms with Crippen LogP contribution in [0.2, 0.25) is 4.34 Å². The molecule has 3 aromatic rings. The molecule has 2 amide bonds. The average Bonchev–Trinajstić information content (AvgIpc) is 3.48. The van der Waals surface area contributed by atoms with Crippen molar-refractivity contribution in [2.45, 2.75) is 25.9 Å². The lowest BCUT2D eigenvalue weighted by Crippen LogP contribution is -2.44. The average molecular weight is 577 g/mol. The maximum atomic E-state index is 15.0. The van der Waals surface area contributed by atoms with E-state index in [4.69, 9.17) is 11.6 Å². The van der Waals surface area contributed by atoms with E-state index in [1.165, 1.54) is 33.3 Å². The lowest BCUT2D eigenvalue weighted by atomic mass is 10.1. The molecule has 1 aliphatic rings. The second-order valence-corrected chi connectivity index (χ2v) is 12.4. The molecule has 1 atom stereocenters. The standard InChI is InChI=1S/C26H26ClFN4O4S2/c1-17(23-9-10-24(27)37-23)16-38(35,36)32(15-19-6-4-5-12-29-19)22-11-13-31(26(22)34)21-8-7-18(14-20(21)28)25(33)30(2)3/h4-10,12,14,16,22H,11,13,15H2,1-3H3/t22-/m0/s1. The van der Waals surface area contributed by atoms with Gasteiger partial charge in [-0.2, -0.15) is 4.31 Å². The molecule has 3 heterocycles. The van der Waals surface area contributed by atoms with Gasteiger partial charge in [-0.25, -0.2) is 12.8 Å². The summed E-state index contributed by atoms with van der Waals surface area (Å²) >= 11 is 7.27. The van der Waals surface area contributed by atoms with Crippen LogP contribution in [-0.4, -0.2) is 61.1 Å². The number of pyridine rings is 1. The van der Waals surface area contributed by atoms with Gasteiger partial charge in [-0.3, -0.25) is 14.6 Å². The Morgan fingerprint density at radius 1 is 1.24 bits per heavy atom. The van der Waals surface area contributed by atoms with Crippen LogP contribution in [-0.2, 0) is 21.4 Å². The Bertz CT molecular complexity index is 1490. The number of anilines is 1. The summed E-state index contributed by atoms with van der Waals surface area (Å²) in [4.78, 5) is 33.2. The summed E-state index contributed by atoms with van der Waals surface area (Å²) in [5.41, 5.74) is 1.07. The number of hydrogen-bond acceptors (Lipinski definition) is 6. The van der Waals surface area contributed by atoms with Crippen molar-refractivity contribution in [3.63, 3.8) is 0 Å². The van der Waals surface area contributed by atoms with Crippen molar-refractivity contribution in [3.8, 4) is 0 Å². The Morgan fingerprint density at radius 3 is 2.61 bits per heavy atom. The highest BCUT2D eigenvalue weighted by Gasteiger charge is 2.42. The highest BCUT2D eigenvalue weighted by Crippen LogP contribution is 2.32. The molecule has 1 aromatic carbocycles. The molecule has 0 radical (unpaired) electrons. The predicted molar refractivity (Wildman–Crippen MR) is 147 cm³/mol. The van der Waals surface area contributed by atoms with Gasteiger partial charge in [-0.05, 0) is 61.4 Å². The van der Waals surface area contributed by atoms with Crippen molar-refractivity contribution in [1.82, 2.24) is 14.2 Å². The van der Waals surface area contributed by atoms with Gasteiger partial charge in [0.05, 0.1) is 27.7 Å². The number of carbonyl (C=O) groups excluding carboxylic acids is 2. The number of allylic oxidation sites excluding steroid dienone is 1. The summed E-state index contributed by atoms with van der Waals surface area (Å²) < 4.78 is 44.0. The molecule has 0 N–H and O–H groups in total. The monoisotopic (exact) mass is 576 g/mol. The largest absolute Gasteiger partial charge is 0.345 e. The molecule has 1 aliphatic heterocycles. The molecule has 0 saturated carbocycles. The first-order valence-electron chi connectivity index (χ1n) is 11.7. The van der Waals surface area contributed by atoms with Gasteiger partial charge in [0.15, 0.2) is 0 Å². The lowest BCUT2D eigenvalue weighted by Gasteiger charge is -2.26. The summed E-state index contributed by atoms with van der Waals surface area (Å²) in [7, 11) is -0.999. The van der Waals surface area contributed by atoms with E-state index in [0.29, 0.717) is 20.5 Å². The normalized spacial score (nSPS) is 16.4. The molecule has 0 bridgehead atoms. The van der Waals surface area contributed by atoms with E-state index in [1.54, 1.807) is 57.5 Å². The van der Waals surface area contributed by atoms with Gasteiger partial charge >= 0.3 is 0 Å². The van der Waals surface area contributed by atoms with Gasteiger partial charge in [0.2, 0.25) is 15.9 Å². The third kappa shape index (κ3) is 5.96. The van der Waals surface area contributed by atoms with Crippen LogP contribution >= 0.6 is 22.9 Å². The third-order valence-electron chi connectivity index (χ3n) is 6.07. The number of halogens is 2. The van der Waals surface area contributed by atoms with Crippen molar-refractivity contribution in [2.24, 2.45) is 0 Å². The minimum atomic E-state index is -4.11. The highest BCUT2D eigenvalue weighted by molar-refractivity contribution is 7.92. The van der Waals surface area contributed by atoms with Crippen molar-refractivity contribution in [1.29, 1.82) is 0 Å². The second-order valence-electron chi connectivity index (χ2n) is 8.98. The third-order valence-corrected chi connectivity index (χ3v) is 9.13. The topological polar surface area (TPSA) is 90.9 Å². The van der Waals surface area contributed by atoms with Crippen molar-refractivity contribution in [2.75, 3.05) is 25.5 Å². The molecule has 0 unspecified atom stereocenters. The maximum Gasteiger partial charge on any atom is 0.253 e. The van der Waals surface area contributed by atoms with E-state index in [0.717, 1.165) is 15.8 Å². The van der Waals surface area contributed by atoms with E-state index in [-0.39, 0.29) is 36.7 Å². The zero-order valence-corrected chi connectivity index (χ0v) is 23.4. The van der Waals surface area contributed by atoms with Gasteiger partial charge < -0.3 is 9.80 Å². The summed E-state index contributed by atoms with van der Waals surface area (Å²) in [5, 5.41) is 1.12. The molecule has 1 fully saturated rings. The minimum Gasteiger partial charge on any atom is -0.345 e. The fourth-order valence-electron chi connectivity index (χ4n) is 4.19. The van der Waals surface area contributed by atoms with Crippen LogP contribution in [0.5, 0.6) is 0 Å². The number of nitrogens with zero attached hydrogens (tertiary/aromatic N) is 4. The van der Waals surface area contributed by atoms with Gasteiger partial charge in [-0.1, -0.05) is 17.7 Å². The molecular formula is C26H26ClFN4O4S2. The first-order chi connectivity index (χ1) is 18.0. The zero-order valence-electron chi connectivity index (χ0n) is 21.0. The molecule has 0 aliphatic carbocycles. The summed E-state index contributed by atoms with van der Waals surface area (Å²) in [6, 6.07) is 11.4. The first kappa shape index (κ1) is 27.9. The molecule has 4 rings (SSSR count). The van der Waals surface area contributed by atoms with E-state index in [1.807, 2.05) is 0 Å². The first-order valence-corrected chi connectivity index (χ1v) is 14.4. The second kappa shape index (κ2) is 11.3. The van der Waals surface area contributed by atoms with Crippen LogP contribution in [0.25, 0.3) is 5.57 Å². The van der Waals surface area contributed by atoms with Crippen LogP contribution in [0.1, 0.15) is 34.3 Å². The molecule has 38 heavy (non-hydrogen) atoms. The zero-order chi connectivity index (χ0) is 27.6. The van der Waals surface area contributed by atoms with Crippen LogP contribution in [0.15, 0.2) is 60.1 Å². The highest BCUT2D eigenvalue weighted by atomic mass is 35.5. The smallest absolute Gasteiger partial charge is 0.253 e. The van der Waals surface area contributed by atoms with E-state index in [9.17, 15) is 18.0 Å². The van der Waals surface area contributed by atoms with Crippen LogP contribution in [0.3, 0.4) is 0 Å². The number of hydrogen-bond donors (Lipinski definition) is 0. The van der Waals surface area contributed by atoms with Gasteiger partial charge in [-0.15, -0.1) is 11.3 Å². The van der Waals surface area contributed by atoms with Crippen LogP contribution < -0.4 is 4.90 Å². The Kier molecular flexibility index (Phi) is 8.31. The Hall–Kier alpha value is -3.12. The molecule has 12 heteroatoms. The molecule has 0 spiro atoms. The molecule has 1 saturated heterocycles. The number of sulfonamides is 1. The van der Waals surface area contributed by atoms with Crippen LogP contribution in [0.4, 0.5) is 10.1 Å².